The molecule has 6 heteroatoms. The first kappa shape index (κ1) is 11.7. The van der Waals surface area contributed by atoms with Crippen molar-refractivity contribution in [2.75, 3.05) is 23.4 Å². The van der Waals surface area contributed by atoms with Crippen LogP contribution in [0.3, 0.4) is 0 Å². The quantitative estimate of drug-likeness (QED) is 0.595. The molecule has 0 spiro atoms. The number of ether oxygens (including phenoxy) is 1. The molecule has 0 saturated carbocycles. The smallest absolute Gasteiger partial charge is 0.148 e. The number of hydrogen-bond acceptors (Lipinski definition) is 6. The van der Waals surface area contributed by atoms with Crippen molar-refractivity contribution < 1.29 is 4.74 Å². The van der Waals surface area contributed by atoms with E-state index in [1.54, 1.807) is 0 Å². The van der Waals surface area contributed by atoms with Gasteiger partial charge < -0.3 is 15.1 Å². The Kier molecular flexibility index (Phi) is 2.83. The lowest BCUT2D eigenvalue weighted by atomic mass is 10.2. The summed E-state index contributed by atoms with van der Waals surface area (Å²) in [6.07, 6.45) is 3.03. The number of hydrogen-bond donors (Lipinski definition) is 2. The maximum Gasteiger partial charge on any atom is 0.148 e. The van der Waals surface area contributed by atoms with Crippen molar-refractivity contribution in [3.8, 4) is 0 Å². The lowest BCUT2D eigenvalue weighted by Gasteiger charge is -2.34. The van der Waals surface area contributed by atoms with Gasteiger partial charge >= 0.3 is 0 Å². The molecular formula is C12H19N5O. The first-order valence-electron chi connectivity index (χ1n) is 6.39. The van der Waals surface area contributed by atoms with Gasteiger partial charge in [0.25, 0.3) is 0 Å². The summed E-state index contributed by atoms with van der Waals surface area (Å²) in [6.45, 7) is 5.72. The largest absolute Gasteiger partial charge is 0.371 e. The van der Waals surface area contributed by atoms with Crippen LogP contribution in [0.25, 0.3) is 0 Å². The number of nitrogens with zero attached hydrogens (tertiary/aromatic N) is 3. The normalized spacial score (nSPS) is 26.5. The summed E-state index contributed by atoms with van der Waals surface area (Å²) in [5.41, 5.74) is 3.65. The Balaban J connectivity index is 1.94. The van der Waals surface area contributed by atoms with Crippen molar-refractivity contribution in [3.63, 3.8) is 0 Å². The molecule has 2 fully saturated rings. The molecule has 18 heavy (non-hydrogen) atoms. The molecule has 6 nitrogen and oxygen atoms in total. The summed E-state index contributed by atoms with van der Waals surface area (Å²) in [7, 11) is 0. The van der Waals surface area contributed by atoms with Gasteiger partial charge in [-0.05, 0) is 26.7 Å². The summed E-state index contributed by atoms with van der Waals surface area (Å²) in [5, 5.41) is 0. The molecule has 1 aromatic rings. The minimum atomic E-state index is 0.354. The molecule has 2 aliphatic heterocycles. The zero-order valence-electron chi connectivity index (χ0n) is 10.8. The number of aryl methyl sites for hydroxylation is 1. The number of aromatic nitrogens is 2. The van der Waals surface area contributed by atoms with E-state index in [0.29, 0.717) is 18.0 Å². The Morgan fingerprint density at radius 3 is 2.50 bits per heavy atom. The third kappa shape index (κ3) is 1.91. The highest BCUT2D eigenvalue weighted by Crippen LogP contribution is 2.31. The van der Waals surface area contributed by atoms with E-state index in [9.17, 15) is 0 Å². The number of anilines is 2. The first-order valence-corrected chi connectivity index (χ1v) is 6.39. The van der Waals surface area contributed by atoms with E-state index in [-0.39, 0.29) is 0 Å². The van der Waals surface area contributed by atoms with Crippen LogP contribution < -0.4 is 16.2 Å². The highest BCUT2D eigenvalue weighted by molar-refractivity contribution is 5.58. The van der Waals surface area contributed by atoms with Crippen LogP contribution in [0.2, 0.25) is 0 Å². The molecule has 3 rings (SSSR count). The Morgan fingerprint density at radius 1 is 1.22 bits per heavy atom. The van der Waals surface area contributed by atoms with Gasteiger partial charge in [0.05, 0.1) is 12.2 Å². The number of fused-ring (bicyclic) bond motifs is 2. The molecule has 2 saturated heterocycles. The van der Waals surface area contributed by atoms with Crippen molar-refractivity contribution >= 4 is 11.6 Å². The fourth-order valence-corrected chi connectivity index (χ4v) is 2.85. The number of nitrogens with one attached hydrogen (secondary N) is 1. The van der Waals surface area contributed by atoms with Gasteiger partial charge in [-0.1, -0.05) is 0 Å². The second-order valence-corrected chi connectivity index (χ2v) is 5.07. The third-order valence-electron chi connectivity index (χ3n) is 3.71. The fourth-order valence-electron chi connectivity index (χ4n) is 2.85. The summed E-state index contributed by atoms with van der Waals surface area (Å²) < 4.78 is 5.85. The molecule has 2 bridgehead atoms. The van der Waals surface area contributed by atoms with Crippen LogP contribution in [0.5, 0.6) is 0 Å². The van der Waals surface area contributed by atoms with Gasteiger partial charge in [-0.2, -0.15) is 0 Å². The number of nitrogen functional groups attached to an aromatic ring is 1. The van der Waals surface area contributed by atoms with Gasteiger partial charge in [-0.25, -0.2) is 15.8 Å². The van der Waals surface area contributed by atoms with Crippen molar-refractivity contribution in [1.82, 2.24) is 9.97 Å². The Labute approximate surface area is 107 Å². The van der Waals surface area contributed by atoms with Crippen molar-refractivity contribution in [1.29, 1.82) is 0 Å². The van der Waals surface area contributed by atoms with E-state index in [0.717, 1.165) is 43.1 Å². The number of nitrogens with two attached hydrogens (primary N) is 1. The van der Waals surface area contributed by atoms with Crippen molar-refractivity contribution in [2.45, 2.75) is 38.9 Å². The van der Waals surface area contributed by atoms with Crippen molar-refractivity contribution in [3.05, 3.63) is 11.4 Å². The highest BCUT2D eigenvalue weighted by atomic mass is 16.5. The molecule has 0 aliphatic carbocycles. The monoisotopic (exact) mass is 249 g/mol. The molecule has 1 aromatic heterocycles. The average Bonchev–Trinajstić information content (AvgIpc) is 2.70. The van der Waals surface area contributed by atoms with Gasteiger partial charge in [-0.15, -0.1) is 0 Å². The molecule has 0 amide bonds. The summed E-state index contributed by atoms with van der Waals surface area (Å²) >= 11 is 0. The molecule has 3 heterocycles. The number of morpholine rings is 1. The minimum Gasteiger partial charge on any atom is -0.371 e. The van der Waals surface area contributed by atoms with E-state index in [4.69, 9.17) is 10.6 Å². The lowest BCUT2D eigenvalue weighted by molar-refractivity contribution is 0.0302. The lowest BCUT2D eigenvalue weighted by Crippen LogP contribution is -2.43. The van der Waals surface area contributed by atoms with Crippen LogP contribution in [-0.4, -0.2) is 35.3 Å². The second-order valence-electron chi connectivity index (χ2n) is 5.07. The van der Waals surface area contributed by atoms with Gasteiger partial charge in [0.15, 0.2) is 0 Å². The molecule has 0 radical (unpaired) electrons. The predicted molar refractivity (Wildman–Crippen MR) is 69.4 cm³/mol. The molecule has 3 N–H and O–H groups in total. The molecule has 2 atom stereocenters. The van der Waals surface area contributed by atoms with Gasteiger partial charge in [-0.3, -0.25) is 0 Å². The van der Waals surface area contributed by atoms with E-state index in [1.165, 1.54) is 0 Å². The molecule has 2 unspecified atom stereocenters. The molecule has 0 aromatic carbocycles. The topological polar surface area (TPSA) is 76.3 Å². The van der Waals surface area contributed by atoms with Crippen LogP contribution >= 0.6 is 0 Å². The minimum absolute atomic E-state index is 0.354. The Hall–Kier alpha value is -1.40. The van der Waals surface area contributed by atoms with Gasteiger partial charge in [0, 0.05) is 18.7 Å². The Bertz CT molecular complexity index is 452. The van der Waals surface area contributed by atoms with Crippen LogP contribution in [0.4, 0.5) is 11.6 Å². The SMILES string of the molecule is Cc1nc(NN)c(C)c(N2CC3CCC(C2)O3)n1. The van der Waals surface area contributed by atoms with Crippen LogP contribution in [0.15, 0.2) is 0 Å². The maximum absolute atomic E-state index is 5.85. The highest BCUT2D eigenvalue weighted by Gasteiger charge is 2.35. The first-order chi connectivity index (χ1) is 8.67. The molecule has 98 valence electrons. The summed E-state index contributed by atoms with van der Waals surface area (Å²) in [6, 6.07) is 0. The Morgan fingerprint density at radius 2 is 1.89 bits per heavy atom. The number of hydrazine groups is 1. The number of rotatable bonds is 2. The zero-order valence-corrected chi connectivity index (χ0v) is 10.8. The predicted octanol–water partition coefficient (Wildman–Crippen LogP) is 0.747. The fraction of sp³-hybridized carbons (Fsp3) is 0.667. The average molecular weight is 249 g/mol. The van der Waals surface area contributed by atoms with Gasteiger partial charge in [0.2, 0.25) is 0 Å². The van der Waals surface area contributed by atoms with E-state index < -0.39 is 0 Å². The molecule has 2 aliphatic rings. The maximum atomic E-state index is 5.85. The van der Waals surface area contributed by atoms with Crippen LogP contribution in [0.1, 0.15) is 24.2 Å². The van der Waals surface area contributed by atoms with Crippen LogP contribution in [0, 0.1) is 13.8 Å². The second kappa shape index (κ2) is 4.37. The summed E-state index contributed by atoms with van der Waals surface area (Å²) in [4.78, 5) is 11.2. The third-order valence-corrected chi connectivity index (χ3v) is 3.71. The van der Waals surface area contributed by atoms with Crippen molar-refractivity contribution in [2.24, 2.45) is 5.84 Å². The zero-order chi connectivity index (χ0) is 12.7. The van der Waals surface area contributed by atoms with Crippen LogP contribution in [-0.2, 0) is 4.74 Å². The van der Waals surface area contributed by atoms with Gasteiger partial charge in [0.1, 0.15) is 17.5 Å². The summed E-state index contributed by atoms with van der Waals surface area (Å²) in [5.74, 6) is 7.93. The van der Waals surface area contributed by atoms with E-state index >= 15 is 0 Å². The molecular weight excluding hydrogens is 230 g/mol. The van der Waals surface area contributed by atoms with E-state index in [2.05, 4.69) is 20.3 Å². The standard InChI is InChI=1S/C12H19N5O/c1-7-11(16-13)14-8(2)15-12(7)17-5-9-3-4-10(6-17)18-9/h9-10H,3-6,13H2,1-2H3,(H,14,15,16). The van der Waals surface area contributed by atoms with E-state index in [1.807, 2.05) is 13.8 Å².